The van der Waals surface area contributed by atoms with Gasteiger partial charge in [0.25, 0.3) is 0 Å². The normalized spacial score (nSPS) is 12.1. The lowest BCUT2D eigenvalue weighted by Crippen LogP contribution is -2.14. The Morgan fingerprint density at radius 2 is 1.62 bits per heavy atom. The molecule has 0 amide bonds. The largest absolute Gasteiger partial charge is 0.496 e. The average molecular weight is 306 g/mol. The molecular formula is C17H20ClNO2. The van der Waals surface area contributed by atoms with Gasteiger partial charge >= 0.3 is 0 Å². The number of nitrogens with two attached hydrogens (primary N) is 1. The first-order valence-corrected chi connectivity index (χ1v) is 7.10. The molecule has 2 aromatic carbocycles. The smallest absolute Gasteiger partial charge is 0.124 e. The molecule has 2 aromatic rings. The fourth-order valence-corrected chi connectivity index (χ4v) is 2.79. The van der Waals surface area contributed by atoms with Crippen LogP contribution in [-0.4, -0.2) is 14.2 Å². The number of aryl methyl sites for hydroxylation is 2. The molecule has 0 saturated carbocycles. The maximum atomic E-state index is 6.41. The van der Waals surface area contributed by atoms with Crippen molar-refractivity contribution in [3.8, 4) is 11.5 Å². The lowest BCUT2D eigenvalue weighted by molar-refractivity contribution is 0.406. The molecule has 21 heavy (non-hydrogen) atoms. The minimum atomic E-state index is -0.304. The Balaban J connectivity index is 2.50. The summed E-state index contributed by atoms with van der Waals surface area (Å²) in [5.41, 5.74) is 10.4. The van der Waals surface area contributed by atoms with E-state index in [-0.39, 0.29) is 6.04 Å². The zero-order chi connectivity index (χ0) is 15.6. The highest BCUT2D eigenvalue weighted by Crippen LogP contribution is 2.33. The van der Waals surface area contributed by atoms with Crippen molar-refractivity contribution in [1.29, 1.82) is 0 Å². The van der Waals surface area contributed by atoms with Gasteiger partial charge in [-0.15, -0.1) is 0 Å². The second-order valence-corrected chi connectivity index (χ2v) is 5.49. The van der Waals surface area contributed by atoms with Gasteiger partial charge in [-0.05, 0) is 48.7 Å². The van der Waals surface area contributed by atoms with Gasteiger partial charge < -0.3 is 15.2 Å². The molecule has 0 spiro atoms. The quantitative estimate of drug-likeness (QED) is 0.928. The van der Waals surface area contributed by atoms with E-state index in [4.69, 9.17) is 26.8 Å². The number of hydrogen-bond donors (Lipinski definition) is 1. The van der Waals surface area contributed by atoms with Crippen molar-refractivity contribution in [2.75, 3.05) is 14.2 Å². The molecule has 3 nitrogen and oxygen atoms in total. The molecule has 0 aliphatic rings. The van der Waals surface area contributed by atoms with Gasteiger partial charge in [-0.3, -0.25) is 0 Å². The summed E-state index contributed by atoms with van der Waals surface area (Å²) in [5.74, 6) is 1.63. The number of methoxy groups -OCH3 is 2. The zero-order valence-corrected chi connectivity index (χ0v) is 13.5. The third-order valence-electron chi connectivity index (χ3n) is 3.57. The molecule has 0 bridgehead atoms. The van der Waals surface area contributed by atoms with Gasteiger partial charge in [0.2, 0.25) is 0 Å². The van der Waals surface area contributed by atoms with E-state index in [1.54, 1.807) is 20.3 Å². The number of hydrogen-bond acceptors (Lipinski definition) is 3. The lowest BCUT2D eigenvalue weighted by atomic mass is 9.95. The van der Waals surface area contributed by atoms with E-state index in [1.807, 2.05) is 38.1 Å². The van der Waals surface area contributed by atoms with Gasteiger partial charge in [-0.1, -0.05) is 23.7 Å². The maximum Gasteiger partial charge on any atom is 0.124 e. The van der Waals surface area contributed by atoms with Crippen LogP contribution in [0.1, 0.15) is 28.3 Å². The van der Waals surface area contributed by atoms with Crippen LogP contribution in [0.25, 0.3) is 0 Å². The minimum Gasteiger partial charge on any atom is -0.496 e. The number of rotatable bonds is 4. The van der Waals surface area contributed by atoms with Gasteiger partial charge in [0.1, 0.15) is 11.5 Å². The predicted molar refractivity (Wildman–Crippen MR) is 86.5 cm³/mol. The summed E-state index contributed by atoms with van der Waals surface area (Å²) in [4.78, 5) is 0. The molecule has 4 heteroatoms. The summed E-state index contributed by atoms with van der Waals surface area (Å²) in [7, 11) is 3.30. The number of halogens is 1. The Morgan fingerprint density at radius 3 is 2.14 bits per heavy atom. The molecule has 0 aliphatic heterocycles. The van der Waals surface area contributed by atoms with E-state index in [9.17, 15) is 0 Å². The van der Waals surface area contributed by atoms with E-state index in [0.29, 0.717) is 5.02 Å². The first-order valence-electron chi connectivity index (χ1n) is 6.72. The molecule has 1 atom stereocenters. The van der Waals surface area contributed by atoms with Crippen molar-refractivity contribution < 1.29 is 9.47 Å². The van der Waals surface area contributed by atoms with E-state index in [2.05, 4.69) is 0 Å². The van der Waals surface area contributed by atoms with Crippen LogP contribution in [0.15, 0.2) is 30.3 Å². The predicted octanol–water partition coefficient (Wildman–Crippen LogP) is 4.02. The molecular weight excluding hydrogens is 286 g/mol. The van der Waals surface area contributed by atoms with Crippen molar-refractivity contribution in [3.63, 3.8) is 0 Å². The van der Waals surface area contributed by atoms with Crippen LogP contribution in [0.2, 0.25) is 5.02 Å². The SMILES string of the molecule is COc1ccc(Cl)cc1C(N)c1cc(C)c(OC)c(C)c1. The van der Waals surface area contributed by atoms with Crippen LogP contribution in [0.3, 0.4) is 0 Å². The Hall–Kier alpha value is -1.71. The molecule has 112 valence electrons. The first-order chi connectivity index (χ1) is 9.97. The topological polar surface area (TPSA) is 44.5 Å². The average Bonchev–Trinajstić information content (AvgIpc) is 2.46. The van der Waals surface area contributed by atoms with Crippen molar-refractivity contribution >= 4 is 11.6 Å². The van der Waals surface area contributed by atoms with Gasteiger partial charge in [0, 0.05) is 10.6 Å². The Kier molecular flexibility index (Phi) is 4.76. The van der Waals surface area contributed by atoms with E-state index < -0.39 is 0 Å². The van der Waals surface area contributed by atoms with Crippen LogP contribution in [0, 0.1) is 13.8 Å². The van der Waals surface area contributed by atoms with Gasteiger partial charge in [0.05, 0.1) is 20.3 Å². The summed E-state index contributed by atoms with van der Waals surface area (Å²) in [6.45, 7) is 4.02. The monoisotopic (exact) mass is 305 g/mol. The number of ether oxygens (including phenoxy) is 2. The van der Waals surface area contributed by atoms with Crippen molar-refractivity contribution in [2.24, 2.45) is 5.73 Å². The second-order valence-electron chi connectivity index (χ2n) is 5.05. The van der Waals surface area contributed by atoms with Crippen molar-refractivity contribution in [2.45, 2.75) is 19.9 Å². The molecule has 0 fully saturated rings. The van der Waals surface area contributed by atoms with Crippen molar-refractivity contribution in [3.05, 3.63) is 57.6 Å². The van der Waals surface area contributed by atoms with Crippen LogP contribution >= 0.6 is 11.6 Å². The molecule has 0 heterocycles. The number of benzene rings is 2. The fraction of sp³-hybridized carbons (Fsp3) is 0.294. The summed E-state index contributed by atoms with van der Waals surface area (Å²) in [6.07, 6.45) is 0. The van der Waals surface area contributed by atoms with Crippen LogP contribution in [0.4, 0.5) is 0 Å². The minimum absolute atomic E-state index is 0.304. The molecule has 0 aromatic heterocycles. The summed E-state index contributed by atoms with van der Waals surface area (Å²) in [6, 6.07) is 9.25. The highest BCUT2D eigenvalue weighted by Gasteiger charge is 2.17. The van der Waals surface area contributed by atoms with E-state index in [0.717, 1.165) is 33.8 Å². The van der Waals surface area contributed by atoms with Gasteiger partial charge in [0.15, 0.2) is 0 Å². The Labute approximate surface area is 130 Å². The van der Waals surface area contributed by atoms with Gasteiger partial charge in [-0.25, -0.2) is 0 Å². The maximum absolute atomic E-state index is 6.41. The van der Waals surface area contributed by atoms with Crippen LogP contribution in [-0.2, 0) is 0 Å². The first kappa shape index (κ1) is 15.7. The third-order valence-corrected chi connectivity index (χ3v) is 3.81. The molecule has 1 unspecified atom stereocenters. The summed E-state index contributed by atoms with van der Waals surface area (Å²) in [5, 5.41) is 0.642. The Morgan fingerprint density at radius 1 is 1.00 bits per heavy atom. The molecule has 0 radical (unpaired) electrons. The molecule has 2 rings (SSSR count). The van der Waals surface area contributed by atoms with E-state index in [1.165, 1.54) is 0 Å². The van der Waals surface area contributed by atoms with E-state index >= 15 is 0 Å². The summed E-state index contributed by atoms with van der Waals surface area (Å²) >= 11 is 6.08. The Bertz CT molecular complexity index is 632. The molecule has 0 aliphatic carbocycles. The van der Waals surface area contributed by atoms with Crippen LogP contribution < -0.4 is 15.2 Å². The van der Waals surface area contributed by atoms with Crippen LogP contribution in [0.5, 0.6) is 11.5 Å². The summed E-state index contributed by atoms with van der Waals surface area (Å²) < 4.78 is 10.8. The third kappa shape index (κ3) is 3.14. The zero-order valence-electron chi connectivity index (χ0n) is 12.7. The highest BCUT2D eigenvalue weighted by atomic mass is 35.5. The van der Waals surface area contributed by atoms with Crippen molar-refractivity contribution in [1.82, 2.24) is 0 Å². The lowest BCUT2D eigenvalue weighted by Gasteiger charge is -2.19. The highest BCUT2D eigenvalue weighted by molar-refractivity contribution is 6.30. The molecule has 2 N–H and O–H groups in total. The standard InChI is InChI=1S/C17H20ClNO2/c1-10-7-12(8-11(2)17(10)21-4)16(19)14-9-13(18)5-6-15(14)20-3/h5-9,16H,19H2,1-4H3. The molecule has 0 saturated heterocycles. The fourth-order valence-electron chi connectivity index (χ4n) is 2.61. The second kappa shape index (κ2) is 6.37. The van der Waals surface area contributed by atoms with Gasteiger partial charge in [-0.2, -0.15) is 0 Å².